The van der Waals surface area contributed by atoms with E-state index in [0.717, 1.165) is 5.82 Å². The molecule has 0 aromatic carbocycles. The van der Waals surface area contributed by atoms with E-state index in [1.807, 2.05) is 24.7 Å². The summed E-state index contributed by atoms with van der Waals surface area (Å²) >= 11 is 0. The number of nitrogens with one attached hydrogen (secondary N) is 1. The number of aromatic nitrogens is 4. The van der Waals surface area contributed by atoms with E-state index >= 15 is 0 Å². The number of imidazole rings is 1. The summed E-state index contributed by atoms with van der Waals surface area (Å²) in [6, 6.07) is 0. The van der Waals surface area contributed by atoms with Crippen molar-refractivity contribution in [1.82, 2.24) is 19.1 Å². The minimum absolute atomic E-state index is 0.107. The maximum Gasteiger partial charge on any atom is 0.293 e. The van der Waals surface area contributed by atoms with Gasteiger partial charge in [-0.1, -0.05) is 0 Å². The van der Waals surface area contributed by atoms with Gasteiger partial charge in [-0.2, -0.15) is 0 Å². The average molecular weight is 233 g/mol. The van der Waals surface area contributed by atoms with Crippen LogP contribution in [0.4, 0.5) is 5.82 Å². The molecule has 2 aromatic rings. The second-order valence-electron chi connectivity index (χ2n) is 3.67. The van der Waals surface area contributed by atoms with Crippen LogP contribution in [0, 0.1) is 0 Å². The fourth-order valence-corrected chi connectivity index (χ4v) is 1.55. The lowest BCUT2D eigenvalue weighted by Gasteiger charge is -2.07. The molecule has 0 aliphatic carbocycles. The molecule has 2 aromatic heterocycles. The fraction of sp³-hybridized carbons (Fsp3) is 0.364. The zero-order chi connectivity index (χ0) is 12.3. The van der Waals surface area contributed by atoms with Crippen LogP contribution in [0.15, 0.2) is 29.6 Å². The van der Waals surface area contributed by atoms with Crippen molar-refractivity contribution in [3.05, 3.63) is 41.0 Å². The molecular weight excluding hydrogens is 218 g/mol. The van der Waals surface area contributed by atoms with Gasteiger partial charge >= 0.3 is 0 Å². The molecule has 90 valence electrons. The molecule has 0 spiro atoms. The molecule has 0 saturated heterocycles. The van der Waals surface area contributed by atoms with Crippen molar-refractivity contribution in [2.24, 2.45) is 7.05 Å². The number of anilines is 1. The highest BCUT2D eigenvalue weighted by molar-refractivity contribution is 5.30. The third-order valence-electron chi connectivity index (χ3n) is 2.59. The van der Waals surface area contributed by atoms with E-state index in [-0.39, 0.29) is 5.56 Å². The normalized spacial score (nSPS) is 10.5. The summed E-state index contributed by atoms with van der Waals surface area (Å²) in [6.07, 6.45) is 6.87. The molecule has 2 rings (SSSR count). The van der Waals surface area contributed by atoms with Gasteiger partial charge in [0.15, 0.2) is 5.82 Å². The molecule has 0 aliphatic heterocycles. The molecule has 0 aliphatic rings. The molecule has 0 unspecified atom stereocenters. The molecular formula is C11H15N5O. The van der Waals surface area contributed by atoms with Crippen LogP contribution < -0.4 is 10.9 Å². The minimum Gasteiger partial charge on any atom is -0.358 e. The Morgan fingerprint density at radius 1 is 1.29 bits per heavy atom. The zero-order valence-electron chi connectivity index (χ0n) is 9.92. The zero-order valence-corrected chi connectivity index (χ0v) is 9.92. The predicted octanol–water partition coefficient (Wildman–Crippen LogP) is 0.609. The van der Waals surface area contributed by atoms with Crippen LogP contribution in [0.5, 0.6) is 0 Å². The van der Waals surface area contributed by atoms with E-state index in [2.05, 4.69) is 15.3 Å². The van der Waals surface area contributed by atoms with Crippen molar-refractivity contribution in [2.75, 3.05) is 5.32 Å². The van der Waals surface area contributed by atoms with Gasteiger partial charge in [-0.25, -0.2) is 9.97 Å². The standard InChI is InChI=1S/C11H15N5O/c1-3-16-7-5-13-10(11(16)17)14-8-9-12-4-6-15(9)2/h4-7H,3,8H2,1-2H3,(H,13,14). The lowest BCUT2D eigenvalue weighted by Crippen LogP contribution is -2.24. The molecule has 1 N–H and O–H groups in total. The first kappa shape index (κ1) is 11.4. The predicted molar refractivity (Wildman–Crippen MR) is 64.7 cm³/mol. The van der Waals surface area contributed by atoms with Crippen LogP contribution in [0.1, 0.15) is 12.7 Å². The van der Waals surface area contributed by atoms with Crippen LogP contribution in [0.25, 0.3) is 0 Å². The monoisotopic (exact) mass is 233 g/mol. The number of rotatable bonds is 4. The minimum atomic E-state index is -0.107. The smallest absolute Gasteiger partial charge is 0.293 e. The largest absolute Gasteiger partial charge is 0.358 e. The average Bonchev–Trinajstić information content (AvgIpc) is 2.74. The molecule has 0 radical (unpaired) electrons. The van der Waals surface area contributed by atoms with Gasteiger partial charge in [-0.3, -0.25) is 4.79 Å². The first-order valence-electron chi connectivity index (χ1n) is 5.48. The van der Waals surface area contributed by atoms with Gasteiger partial charge in [0.2, 0.25) is 0 Å². The molecule has 6 heteroatoms. The lowest BCUT2D eigenvalue weighted by atomic mass is 10.5. The van der Waals surface area contributed by atoms with Gasteiger partial charge in [-0.05, 0) is 6.92 Å². The van der Waals surface area contributed by atoms with Gasteiger partial charge in [0.05, 0.1) is 6.54 Å². The topological polar surface area (TPSA) is 64.7 Å². The van der Waals surface area contributed by atoms with Crippen LogP contribution in [-0.4, -0.2) is 19.1 Å². The number of hydrogen-bond donors (Lipinski definition) is 1. The molecule has 0 saturated carbocycles. The van der Waals surface area contributed by atoms with E-state index in [1.165, 1.54) is 0 Å². The van der Waals surface area contributed by atoms with E-state index < -0.39 is 0 Å². The highest BCUT2D eigenvalue weighted by atomic mass is 16.1. The summed E-state index contributed by atoms with van der Waals surface area (Å²) in [6.45, 7) is 3.04. The summed E-state index contributed by atoms with van der Waals surface area (Å²) in [5.41, 5.74) is -0.107. The summed E-state index contributed by atoms with van der Waals surface area (Å²) in [5, 5.41) is 3.00. The molecule has 0 fully saturated rings. The first-order chi connectivity index (χ1) is 8.22. The third-order valence-corrected chi connectivity index (χ3v) is 2.59. The van der Waals surface area contributed by atoms with Crippen LogP contribution in [0.2, 0.25) is 0 Å². The van der Waals surface area contributed by atoms with Gasteiger partial charge in [0, 0.05) is 38.4 Å². The Labute approximate surface area is 98.9 Å². The number of hydrogen-bond acceptors (Lipinski definition) is 4. The Morgan fingerprint density at radius 3 is 2.71 bits per heavy atom. The van der Waals surface area contributed by atoms with Crippen molar-refractivity contribution in [3.8, 4) is 0 Å². The Kier molecular flexibility index (Phi) is 3.22. The van der Waals surface area contributed by atoms with Crippen molar-refractivity contribution >= 4 is 5.82 Å². The summed E-state index contributed by atoms with van der Waals surface area (Å²) < 4.78 is 3.50. The van der Waals surface area contributed by atoms with Gasteiger partial charge < -0.3 is 14.5 Å². The maximum absolute atomic E-state index is 11.9. The van der Waals surface area contributed by atoms with E-state index in [9.17, 15) is 4.79 Å². The molecule has 0 bridgehead atoms. The fourth-order valence-electron chi connectivity index (χ4n) is 1.55. The van der Waals surface area contributed by atoms with E-state index in [4.69, 9.17) is 0 Å². The van der Waals surface area contributed by atoms with Crippen LogP contribution >= 0.6 is 0 Å². The van der Waals surface area contributed by atoms with Crippen molar-refractivity contribution in [3.63, 3.8) is 0 Å². The van der Waals surface area contributed by atoms with Crippen molar-refractivity contribution in [1.29, 1.82) is 0 Å². The summed E-state index contributed by atoms with van der Waals surface area (Å²) in [7, 11) is 1.91. The number of aryl methyl sites for hydroxylation is 2. The Hall–Kier alpha value is -2.11. The van der Waals surface area contributed by atoms with Gasteiger partial charge in [0.25, 0.3) is 5.56 Å². The van der Waals surface area contributed by atoms with Crippen LogP contribution in [0.3, 0.4) is 0 Å². The van der Waals surface area contributed by atoms with Gasteiger partial charge in [0.1, 0.15) is 5.82 Å². The Balaban J connectivity index is 2.15. The third kappa shape index (κ3) is 2.35. The van der Waals surface area contributed by atoms with Gasteiger partial charge in [-0.15, -0.1) is 0 Å². The van der Waals surface area contributed by atoms with Crippen molar-refractivity contribution in [2.45, 2.75) is 20.0 Å². The second kappa shape index (κ2) is 4.82. The number of nitrogens with zero attached hydrogens (tertiary/aromatic N) is 4. The molecule has 17 heavy (non-hydrogen) atoms. The van der Waals surface area contributed by atoms with Crippen molar-refractivity contribution < 1.29 is 0 Å². The van der Waals surface area contributed by atoms with Crippen LogP contribution in [-0.2, 0) is 20.1 Å². The first-order valence-corrected chi connectivity index (χ1v) is 5.48. The second-order valence-corrected chi connectivity index (χ2v) is 3.67. The summed E-state index contributed by atoms with van der Waals surface area (Å²) in [4.78, 5) is 20.1. The van der Waals surface area contributed by atoms with E-state index in [0.29, 0.717) is 18.9 Å². The lowest BCUT2D eigenvalue weighted by molar-refractivity contribution is 0.716. The van der Waals surface area contributed by atoms with E-state index in [1.54, 1.807) is 23.2 Å². The molecule has 0 amide bonds. The highest BCUT2D eigenvalue weighted by Gasteiger charge is 2.04. The molecule has 6 nitrogen and oxygen atoms in total. The molecule has 2 heterocycles. The SMILES string of the molecule is CCn1ccnc(NCc2nccn2C)c1=O. The Morgan fingerprint density at radius 2 is 2.06 bits per heavy atom. The highest BCUT2D eigenvalue weighted by Crippen LogP contribution is 1.99. The Bertz CT molecular complexity index is 557. The quantitative estimate of drug-likeness (QED) is 0.840. The maximum atomic E-state index is 11.9. The molecule has 0 atom stereocenters. The summed E-state index contributed by atoms with van der Waals surface area (Å²) in [5.74, 6) is 1.22.